The number of allylic oxidation sites excluding steroid dienone is 1. The average molecular weight is 383 g/mol. The third-order valence-corrected chi connectivity index (χ3v) is 5.03. The molecule has 0 aromatic heterocycles. The van der Waals surface area contributed by atoms with Gasteiger partial charge in [-0.25, -0.2) is 9.18 Å². The molecule has 2 aromatic rings. The van der Waals surface area contributed by atoms with E-state index in [1.807, 2.05) is 24.5 Å². The second-order valence-corrected chi connectivity index (χ2v) is 6.75. The van der Waals surface area contributed by atoms with Crippen LogP contribution in [0.1, 0.15) is 12.5 Å². The number of amides is 1. The Morgan fingerprint density at radius 3 is 2.59 bits per heavy atom. The molecule has 0 saturated carbocycles. The normalized spacial score (nSPS) is 15.6. The van der Waals surface area contributed by atoms with Crippen LogP contribution in [0.25, 0.3) is 6.08 Å². The highest BCUT2D eigenvalue weighted by Gasteiger charge is 2.38. The van der Waals surface area contributed by atoms with Gasteiger partial charge in [-0.05, 0) is 43.5 Å². The average Bonchev–Trinajstić information content (AvgIpc) is 2.93. The summed E-state index contributed by atoms with van der Waals surface area (Å²) in [5.41, 5.74) is 1.57. The van der Waals surface area contributed by atoms with Crippen LogP contribution in [0.4, 0.5) is 10.1 Å². The van der Waals surface area contributed by atoms with Crippen molar-refractivity contribution < 1.29 is 18.7 Å². The van der Waals surface area contributed by atoms with Crippen LogP contribution >= 0.6 is 11.8 Å². The largest absolute Gasteiger partial charge is 0.465 e. The number of carbonyl (C=O) groups is 2. The number of rotatable bonds is 4. The van der Waals surface area contributed by atoms with Crippen molar-refractivity contribution in [3.63, 3.8) is 0 Å². The molecule has 6 heteroatoms. The van der Waals surface area contributed by atoms with E-state index in [2.05, 4.69) is 0 Å². The van der Waals surface area contributed by atoms with Crippen LogP contribution < -0.4 is 4.90 Å². The van der Waals surface area contributed by atoms with E-state index in [9.17, 15) is 14.0 Å². The van der Waals surface area contributed by atoms with Crippen LogP contribution in [-0.4, -0.2) is 25.2 Å². The summed E-state index contributed by atoms with van der Waals surface area (Å²) in [5.74, 6) is -1.50. The topological polar surface area (TPSA) is 46.6 Å². The number of thioether (sulfide) groups is 1. The standard InChI is InChI=1S/C21H18FNO3S/c1-13-19(21(25)26-2)17(11-14-7-4-5-10-18(14)22)20(24)23(13)15-8-6-9-16(12-15)27-3/h4-12H,1-3H3/b17-11-. The molecule has 138 valence electrons. The molecular formula is C21H18FNO3S. The zero-order valence-electron chi connectivity index (χ0n) is 15.2. The van der Waals surface area contributed by atoms with Crippen molar-refractivity contribution in [3.05, 3.63) is 76.8 Å². The van der Waals surface area contributed by atoms with Gasteiger partial charge in [-0.15, -0.1) is 11.8 Å². The maximum Gasteiger partial charge on any atom is 0.340 e. The molecule has 0 saturated heterocycles. The van der Waals surface area contributed by atoms with Crippen molar-refractivity contribution in [2.45, 2.75) is 11.8 Å². The van der Waals surface area contributed by atoms with Crippen LogP contribution in [0.3, 0.4) is 0 Å². The quantitative estimate of drug-likeness (QED) is 0.445. The summed E-state index contributed by atoms with van der Waals surface area (Å²) in [6, 6.07) is 13.5. The Morgan fingerprint density at radius 2 is 1.93 bits per heavy atom. The molecule has 0 fully saturated rings. The molecule has 0 atom stereocenters. The first-order valence-electron chi connectivity index (χ1n) is 8.22. The summed E-state index contributed by atoms with van der Waals surface area (Å²) >= 11 is 1.55. The van der Waals surface area contributed by atoms with E-state index in [0.29, 0.717) is 11.4 Å². The Kier molecular flexibility index (Phi) is 5.46. The summed E-state index contributed by atoms with van der Waals surface area (Å²) < 4.78 is 19.0. The molecule has 2 aromatic carbocycles. The van der Waals surface area contributed by atoms with Gasteiger partial charge in [0.15, 0.2) is 0 Å². The zero-order valence-corrected chi connectivity index (χ0v) is 16.0. The molecule has 0 N–H and O–H groups in total. The Balaban J connectivity index is 2.16. The second kappa shape index (κ2) is 7.80. The lowest BCUT2D eigenvalue weighted by Crippen LogP contribution is -2.24. The summed E-state index contributed by atoms with van der Waals surface area (Å²) in [5, 5.41) is 0. The fraction of sp³-hybridized carbons (Fsp3) is 0.143. The maximum absolute atomic E-state index is 14.1. The van der Waals surface area contributed by atoms with Gasteiger partial charge in [0.2, 0.25) is 0 Å². The zero-order chi connectivity index (χ0) is 19.6. The molecular weight excluding hydrogens is 365 g/mol. The van der Waals surface area contributed by atoms with Crippen LogP contribution in [0.2, 0.25) is 0 Å². The number of nitrogens with zero attached hydrogens (tertiary/aromatic N) is 1. The van der Waals surface area contributed by atoms with E-state index in [0.717, 1.165) is 4.90 Å². The van der Waals surface area contributed by atoms with Gasteiger partial charge in [-0.1, -0.05) is 24.3 Å². The van der Waals surface area contributed by atoms with Gasteiger partial charge in [0, 0.05) is 16.2 Å². The van der Waals surface area contributed by atoms with Crippen molar-refractivity contribution in [3.8, 4) is 0 Å². The molecule has 1 heterocycles. The highest BCUT2D eigenvalue weighted by atomic mass is 32.2. The summed E-state index contributed by atoms with van der Waals surface area (Å²) in [7, 11) is 1.25. The Bertz CT molecular complexity index is 981. The van der Waals surface area contributed by atoms with E-state index in [-0.39, 0.29) is 16.7 Å². The summed E-state index contributed by atoms with van der Waals surface area (Å²) in [6.45, 7) is 1.68. The smallest absolute Gasteiger partial charge is 0.340 e. The number of hydrogen-bond acceptors (Lipinski definition) is 4. The first-order valence-corrected chi connectivity index (χ1v) is 9.44. The number of hydrogen-bond donors (Lipinski definition) is 0. The minimum absolute atomic E-state index is 0.110. The third-order valence-electron chi connectivity index (χ3n) is 4.31. The minimum Gasteiger partial charge on any atom is -0.465 e. The van der Waals surface area contributed by atoms with Crippen molar-refractivity contribution in [2.24, 2.45) is 0 Å². The molecule has 0 radical (unpaired) electrons. The predicted molar refractivity (Wildman–Crippen MR) is 105 cm³/mol. The van der Waals surface area contributed by atoms with E-state index in [1.165, 1.54) is 24.2 Å². The molecule has 3 rings (SSSR count). The number of halogens is 1. The number of ether oxygens (including phenoxy) is 1. The molecule has 0 spiro atoms. The molecule has 1 aliphatic heterocycles. The molecule has 27 heavy (non-hydrogen) atoms. The van der Waals surface area contributed by atoms with E-state index in [4.69, 9.17) is 4.74 Å². The first kappa shape index (κ1) is 18.9. The monoisotopic (exact) mass is 383 g/mol. The summed E-state index contributed by atoms with van der Waals surface area (Å²) in [6.07, 6.45) is 3.34. The Labute approximate surface area is 161 Å². The van der Waals surface area contributed by atoms with Gasteiger partial charge in [-0.2, -0.15) is 0 Å². The molecule has 0 aliphatic carbocycles. The fourth-order valence-corrected chi connectivity index (χ4v) is 3.44. The SMILES string of the molecule is COC(=O)C1=C(C)N(c2cccc(SC)c2)C(=O)/C1=C\c1ccccc1F. The van der Waals surface area contributed by atoms with Gasteiger partial charge in [0.25, 0.3) is 5.91 Å². The van der Waals surface area contributed by atoms with E-state index >= 15 is 0 Å². The molecule has 1 amide bonds. The van der Waals surface area contributed by atoms with Gasteiger partial charge in [-0.3, -0.25) is 9.69 Å². The maximum atomic E-state index is 14.1. The molecule has 0 bridgehead atoms. The van der Waals surface area contributed by atoms with Gasteiger partial charge >= 0.3 is 5.97 Å². The molecule has 0 unspecified atom stereocenters. The Morgan fingerprint density at radius 1 is 1.19 bits per heavy atom. The lowest BCUT2D eigenvalue weighted by molar-refractivity contribution is -0.136. The number of methoxy groups -OCH3 is 1. The van der Waals surface area contributed by atoms with Crippen molar-refractivity contribution >= 4 is 35.4 Å². The first-order chi connectivity index (χ1) is 13.0. The Hall–Kier alpha value is -2.86. The highest BCUT2D eigenvalue weighted by Crippen LogP contribution is 2.36. The number of esters is 1. The van der Waals surface area contributed by atoms with Crippen molar-refractivity contribution in [2.75, 3.05) is 18.3 Å². The van der Waals surface area contributed by atoms with Crippen LogP contribution in [0.5, 0.6) is 0 Å². The van der Waals surface area contributed by atoms with Crippen LogP contribution in [0, 0.1) is 5.82 Å². The fourth-order valence-electron chi connectivity index (χ4n) is 2.99. The highest BCUT2D eigenvalue weighted by molar-refractivity contribution is 7.98. The lowest BCUT2D eigenvalue weighted by Gasteiger charge is -2.18. The number of anilines is 1. The lowest BCUT2D eigenvalue weighted by atomic mass is 10.0. The second-order valence-electron chi connectivity index (χ2n) is 5.87. The van der Waals surface area contributed by atoms with Crippen molar-refractivity contribution in [1.82, 2.24) is 0 Å². The third kappa shape index (κ3) is 3.53. The number of benzene rings is 2. The van der Waals surface area contributed by atoms with Gasteiger partial charge in [0.1, 0.15) is 5.82 Å². The van der Waals surface area contributed by atoms with E-state index < -0.39 is 17.7 Å². The predicted octanol–water partition coefficient (Wildman–Crippen LogP) is 4.42. The molecule has 1 aliphatic rings. The van der Waals surface area contributed by atoms with Crippen LogP contribution in [0.15, 0.2) is 70.3 Å². The van der Waals surface area contributed by atoms with Gasteiger partial charge in [0.05, 0.1) is 23.9 Å². The van der Waals surface area contributed by atoms with Crippen LogP contribution in [-0.2, 0) is 14.3 Å². The van der Waals surface area contributed by atoms with E-state index in [1.54, 1.807) is 43.0 Å². The molecule has 4 nitrogen and oxygen atoms in total. The van der Waals surface area contributed by atoms with Gasteiger partial charge < -0.3 is 4.74 Å². The van der Waals surface area contributed by atoms with Crippen molar-refractivity contribution in [1.29, 1.82) is 0 Å². The minimum atomic E-state index is -0.632. The number of carbonyl (C=O) groups excluding carboxylic acids is 2. The summed E-state index contributed by atoms with van der Waals surface area (Å²) in [4.78, 5) is 27.9.